The maximum Gasteiger partial charge on any atom is 0.318 e. The number of hydrogen-bond acceptors (Lipinski definition) is 5. The second-order valence-electron chi connectivity index (χ2n) is 6.01. The van der Waals surface area contributed by atoms with E-state index in [-0.39, 0.29) is 5.54 Å². The van der Waals surface area contributed by atoms with Crippen molar-refractivity contribution in [3.05, 3.63) is 5.89 Å². The van der Waals surface area contributed by atoms with Gasteiger partial charge >= 0.3 is 6.01 Å². The highest BCUT2D eigenvalue weighted by Crippen LogP contribution is 2.30. The fraction of sp³-hybridized carbons (Fsp3) is 0.846. The Morgan fingerprint density at radius 1 is 1.33 bits per heavy atom. The van der Waals surface area contributed by atoms with Crippen molar-refractivity contribution < 1.29 is 4.42 Å². The van der Waals surface area contributed by atoms with Gasteiger partial charge in [-0.05, 0) is 40.0 Å². The Morgan fingerprint density at radius 3 is 2.61 bits per heavy atom. The van der Waals surface area contributed by atoms with E-state index < -0.39 is 0 Å². The Bertz CT molecular complexity index is 379. The third kappa shape index (κ3) is 3.70. The molecule has 1 aromatic heterocycles. The Kier molecular flexibility index (Phi) is 3.90. The van der Waals surface area contributed by atoms with E-state index in [1.54, 1.807) is 0 Å². The van der Waals surface area contributed by atoms with Crippen LogP contribution in [0.2, 0.25) is 0 Å². The molecule has 0 amide bonds. The maximum atomic E-state index is 5.74. The number of aromatic nitrogens is 2. The van der Waals surface area contributed by atoms with Crippen LogP contribution >= 0.6 is 0 Å². The maximum absolute atomic E-state index is 5.74. The molecule has 2 rings (SSSR count). The van der Waals surface area contributed by atoms with Gasteiger partial charge in [-0.1, -0.05) is 12.0 Å². The van der Waals surface area contributed by atoms with E-state index in [4.69, 9.17) is 4.42 Å². The van der Waals surface area contributed by atoms with Gasteiger partial charge in [-0.2, -0.15) is 0 Å². The minimum Gasteiger partial charge on any atom is -0.407 e. The van der Waals surface area contributed by atoms with Crippen molar-refractivity contribution in [1.29, 1.82) is 0 Å². The molecular formula is C13H24N4O. The molecular weight excluding hydrogens is 228 g/mol. The van der Waals surface area contributed by atoms with E-state index in [1.807, 2.05) is 0 Å². The minimum absolute atomic E-state index is 0.0637. The quantitative estimate of drug-likeness (QED) is 0.842. The molecule has 0 radical (unpaired) electrons. The predicted octanol–water partition coefficient (Wildman–Crippen LogP) is 2.34. The van der Waals surface area contributed by atoms with Crippen LogP contribution in [0, 0.1) is 0 Å². The van der Waals surface area contributed by atoms with Gasteiger partial charge in [0.2, 0.25) is 5.89 Å². The lowest BCUT2D eigenvalue weighted by Gasteiger charge is -2.19. The Balaban J connectivity index is 1.95. The van der Waals surface area contributed by atoms with E-state index >= 15 is 0 Å². The molecule has 1 aromatic rings. The van der Waals surface area contributed by atoms with Crippen molar-refractivity contribution in [3.8, 4) is 0 Å². The molecule has 0 bridgehead atoms. The second kappa shape index (κ2) is 5.26. The van der Waals surface area contributed by atoms with E-state index in [2.05, 4.69) is 48.1 Å². The Labute approximate surface area is 109 Å². The summed E-state index contributed by atoms with van der Waals surface area (Å²) >= 11 is 0. The van der Waals surface area contributed by atoms with Gasteiger partial charge in [0.25, 0.3) is 0 Å². The first-order chi connectivity index (χ1) is 8.49. The Morgan fingerprint density at radius 2 is 2.06 bits per heavy atom. The lowest BCUT2D eigenvalue weighted by atomic mass is 10.1. The molecule has 1 aliphatic carbocycles. The molecule has 1 saturated carbocycles. The minimum atomic E-state index is 0.0637. The largest absolute Gasteiger partial charge is 0.407 e. The SMILES string of the molecule is CCCN(c1nnc(CNC(C)(C)C)o1)C1CC1. The molecule has 0 unspecified atom stereocenters. The van der Waals surface area contributed by atoms with Gasteiger partial charge in [-0.15, -0.1) is 5.10 Å². The lowest BCUT2D eigenvalue weighted by Crippen LogP contribution is -2.35. The summed E-state index contributed by atoms with van der Waals surface area (Å²) in [4.78, 5) is 2.24. The number of hydrogen-bond donors (Lipinski definition) is 1. The van der Waals surface area contributed by atoms with Crippen LogP contribution < -0.4 is 10.2 Å². The standard InChI is InChI=1S/C13H24N4O/c1-5-8-17(10-6-7-10)12-16-15-11(18-12)9-14-13(2,3)4/h10,14H,5-9H2,1-4H3. The van der Waals surface area contributed by atoms with Crippen molar-refractivity contribution in [2.75, 3.05) is 11.4 Å². The summed E-state index contributed by atoms with van der Waals surface area (Å²) < 4.78 is 5.74. The van der Waals surface area contributed by atoms with Crippen LogP contribution in [0.1, 0.15) is 52.8 Å². The first-order valence-corrected chi connectivity index (χ1v) is 6.83. The van der Waals surface area contributed by atoms with Crippen LogP contribution in [0.25, 0.3) is 0 Å². The average molecular weight is 252 g/mol. The van der Waals surface area contributed by atoms with Crippen molar-refractivity contribution >= 4 is 6.01 Å². The molecule has 0 aliphatic heterocycles. The number of anilines is 1. The zero-order chi connectivity index (χ0) is 13.2. The van der Waals surface area contributed by atoms with Crippen molar-refractivity contribution in [2.24, 2.45) is 0 Å². The average Bonchev–Trinajstić information content (AvgIpc) is 3.01. The van der Waals surface area contributed by atoms with Crippen LogP contribution in [0.4, 0.5) is 6.01 Å². The molecule has 0 spiro atoms. The van der Waals surface area contributed by atoms with Gasteiger partial charge in [-0.3, -0.25) is 0 Å². The van der Waals surface area contributed by atoms with Gasteiger partial charge < -0.3 is 14.6 Å². The molecule has 1 fully saturated rings. The summed E-state index contributed by atoms with van der Waals surface area (Å²) in [5.41, 5.74) is 0.0637. The topological polar surface area (TPSA) is 54.2 Å². The van der Waals surface area contributed by atoms with Gasteiger partial charge in [0.05, 0.1) is 6.54 Å². The molecule has 1 heterocycles. The Hall–Kier alpha value is -1.10. The first kappa shape index (κ1) is 13.3. The molecule has 0 aromatic carbocycles. The van der Waals surface area contributed by atoms with E-state index in [1.165, 1.54) is 12.8 Å². The van der Waals surface area contributed by atoms with Crippen molar-refractivity contribution in [3.63, 3.8) is 0 Å². The van der Waals surface area contributed by atoms with Crippen LogP contribution in [-0.4, -0.2) is 28.3 Å². The van der Waals surface area contributed by atoms with E-state index in [9.17, 15) is 0 Å². The highest BCUT2D eigenvalue weighted by atomic mass is 16.4. The lowest BCUT2D eigenvalue weighted by molar-refractivity contribution is 0.380. The first-order valence-electron chi connectivity index (χ1n) is 6.83. The van der Waals surface area contributed by atoms with Crippen molar-refractivity contribution in [2.45, 2.75) is 65.1 Å². The molecule has 5 heteroatoms. The molecule has 1 N–H and O–H groups in total. The van der Waals surface area contributed by atoms with Crippen LogP contribution in [-0.2, 0) is 6.54 Å². The number of nitrogens with zero attached hydrogens (tertiary/aromatic N) is 3. The molecule has 5 nitrogen and oxygen atoms in total. The number of rotatable bonds is 6. The molecule has 0 atom stereocenters. The van der Waals surface area contributed by atoms with Crippen LogP contribution in [0.3, 0.4) is 0 Å². The summed E-state index contributed by atoms with van der Waals surface area (Å²) in [5, 5.41) is 11.6. The van der Waals surface area contributed by atoms with Gasteiger partial charge in [-0.25, -0.2) is 0 Å². The fourth-order valence-electron chi connectivity index (χ4n) is 1.83. The molecule has 18 heavy (non-hydrogen) atoms. The normalized spacial score (nSPS) is 16.0. The highest BCUT2D eigenvalue weighted by Gasteiger charge is 2.31. The zero-order valence-corrected chi connectivity index (χ0v) is 11.9. The summed E-state index contributed by atoms with van der Waals surface area (Å²) in [6.45, 7) is 10.2. The molecule has 0 saturated heterocycles. The van der Waals surface area contributed by atoms with E-state index in [0.29, 0.717) is 24.5 Å². The monoisotopic (exact) mass is 252 g/mol. The number of nitrogens with one attached hydrogen (secondary N) is 1. The summed E-state index contributed by atoms with van der Waals surface area (Å²) in [6.07, 6.45) is 3.60. The third-order valence-corrected chi connectivity index (χ3v) is 2.92. The fourth-order valence-corrected chi connectivity index (χ4v) is 1.83. The summed E-state index contributed by atoms with van der Waals surface area (Å²) in [7, 11) is 0. The van der Waals surface area contributed by atoms with Crippen molar-refractivity contribution in [1.82, 2.24) is 15.5 Å². The predicted molar refractivity (Wildman–Crippen MR) is 71.5 cm³/mol. The smallest absolute Gasteiger partial charge is 0.318 e. The summed E-state index contributed by atoms with van der Waals surface area (Å²) in [6, 6.07) is 1.30. The second-order valence-corrected chi connectivity index (χ2v) is 6.01. The van der Waals surface area contributed by atoms with Crippen LogP contribution in [0.5, 0.6) is 0 Å². The molecule has 1 aliphatic rings. The van der Waals surface area contributed by atoms with Gasteiger partial charge in [0, 0.05) is 18.1 Å². The van der Waals surface area contributed by atoms with Gasteiger partial charge in [0.1, 0.15) is 0 Å². The highest BCUT2D eigenvalue weighted by molar-refractivity contribution is 5.29. The van der Waals surface area contributed by atoms with Gasteiger partial charge in [0.15, 0.2) is 0 Å². The zero-order valence-electron chi connectivity index (χ0n) is 11.9. The summed E-state index contributed by atoms with van der Waals surface area (Å²) in [5.74, 6) is 0.668. The van der Waals surface area contributed by atoms with E-state index in [0.717, 1.165) is 13.0 Å². The van der Waals surface area contributed by atoms with Crippen LogP contribution in [0.15, 0.2) is 4.42 Å². The molecule has 102 valence electrons. The third-order valence-electron chi connectivity index (χ3n) is 2.92.